The van der Waals surface area contributed by atoms with Gasteiger partial charge in [-0.25, -0.2) is 17.9 Å². The maximum Gasteiger partial charge on any atom is 0.527 e. The van der Waals surface area contributed by atoms with E-state index in [2.05, 4.69) is 11.3 Å². The third kappa shape index (κ3) is 5.06. The summed E-state index contributed by atoms with van der Waals surface area (Å²) in [6.45, 7) is 3.47. The van der Waals surface area contributed by atoms with Gasteiger partial charge in [0.05, 0.1) is 11.1 Å². The van der Waals surface area contributed by atoms with Gasteiger partial charge in [0.2, 0.25) is 0 Å². The molecule has 2 aromatic rings. The Labute approximate surface area is 148 Å². The smallest absolute Gasteiger partial charge is 0.222 e. The summed E-state index contributed by atoms with van der Waals surface area (Å²) < 4.78 is 108. The van der Waals surface area contributed by atoms with E-state index in [1.54, 1.807) is 6.08 Å². The third-order valence-electron chi connectivity index (χ3n) is 3.55. The molecule has 1 nitrogen and oxygen atoms in total. The van der Waals surface area contributed by atoms with Gasteiger partial charge in [-0.2, -0.15) is 8.78 Å². The van der Waals surface area contributed by atoms with Crippen molar-refractivity contribution in [1.82, 2.24) is 0 Å². The van der Waals surface area contributed by atoms with E-state index in [4.69, 9.17) is 0 Å². The average Bonchev–Trinajstić information content (AvgIpc) is 2.49. The lowest BCUT2D eigenvalue weighted by molar-refractivity contribution is -0.432. The number of rotatable bonds is 6. The highest BCUT2D eigenvalue weighted by molar-refractivity contribution is 5.66. The lowest BCUT2D eigenvalue weighted by atomic mass is 9.99. The third-order valence-corrected chi connectivity index (χ3v) is 3.55. The highest BCUT2D eigenvalue weighted by atomic mass is 19.4. The summed E-state index contributed by atoms with van der Waals surface area (Å²) in [5.41, 5.74) is -2.56. The molecule has 9 heteroatoms. The van der Waals surface area contributed by atoms with E-state index in [0.717, 1.165) is 12.1 Å². The Kier molecular flexibility index (Phi) is 5.94. The predicted molar refractivity (Wildman–Crippen MR) is 81.3 cm³/mol. The molecule has 0 spiro atoms. The molecule has 0 N–H and O–H groups in total. The number of hydrogen-bond acceptors (Lipinski definition) is 1. The van der Waals surface area contributed by atoms with Crippen LogP contribution >= 0.6 is 0 Å². The van der Waals surface area contributed by atoms with Crippen molar-refractivity contribution >= 4 is 0 Å². The van der Waals surface area contributed by atoms with Crippen LogP contribution < -0.4 is 0 Å². The van der Waals surface area contributed by atoms with E-state index < -0.39 is 46.6 Å². The fourth-order valence-corrected chi connectivity index (χ4v) is 2.42. The van der Waals surface area contributed by atoms with E-state index in [1.165, 1.54) is 0 Å². The van der Waals surface area contributed by atoms with Gasteiger partial charge >= 0.3 is 12.5 Å². The summed E-state index contributed by atoms with van der Waals surface area (Å²) in [6, 6.07) is 3.26. The fraction of sp³-hybridized carbons (Fsp3) is 0.222. The second kappa shape index (κ2) is 7.67. The molecule has 2 rings (SSSR count). The van der Waals surface area contributed by atoms with Gasteiger partial charge in [0.1, 0.15) is 17.5 Å². The summed E-state index contributed by atoms with van der Waals surface area (Å²) in [6.07, 6.45) is -8.43. The first kappa shape index (κ1) is 20.9. The molecule has 0 radical (unpaired) electrons. The first-order valence-electron chi connectivity index (χ1n) is 7.48. The topological polar surface area (TPSA) is 9.23 Å². The van der Waals surface area contributed by atoms with Gasteiger partial charge in [-0.05, 0) is 48.2 Å². The van der Waals surface area contributed by atoms with Gasteiger partial charge < -0.3 is 0 Å². The maximum absolute atomic E-state index is 14.2. The molecule has 146 valence electrons. The summed E-state index contributed by atoms with van der Waals surface area (Å²) in [7, 11) is 0. The van der Waals surface area contributed by atoms with Gasteiger partial charge in [-0.1, -0.05) is 12.1 Å². The standard InChI is InChI=1S/C18H12F8O/c1-2-3-4-10-7-14(20)16(15(21)8-10)11-5-6-12(13(19)9-11)17(22,23)27-18(24,25)26/h2,5-9H,1,3-4H2. The molecule has 0 aliphatic rings. The maximum atomic E-state index is 14.2. The molecule has 27 heavy (non-hydrogen) atoms. The number of ether oxygens (including phenoxy) is 1. The van der Waals surface area contributed by atoms with Crippen molar-refractivity contribution in [1.29, 1.82) is 0 Å². The normalized spacial score (nSPS) is 12.3. The van der Waals surface area contributed by atoms with Crippen molar-refractivity contribution < 1.29 is 39.9 Å². The monoisotopic (exact) mass is 396 g/mol. The van der Waals surface area contributed by atoms with Gasteiger partial charge in [0, 0.05) is 0 Å². The van der Waals surface area contributed by atoms with Crippen molar-refractivity contribution in [3.8, 4) is 11.1 Å². The largest absolute Gasteiger partial charge is 0.527 e. The van der Waals surface area contributed by atoms with Gasteiger partial charge in [-0.3, -0.25) is 0 Å². The van der Waals surface area contributed by atoms with Crippen molar-refractivity contribution in [2.75, 3.05) is 0 Å². The van der Waals surface area contributed by atoms with Gasteiger partial charge in [0.25, 0.3) is 0 Å². The summed E-state index contributed by atoms with van der Waals surface area (Å²) in [5, 5.41) is 0. The zero-order valence-electron chi connectivity index (χ0n) is 13.5. The Morgan fingerprint density at radius 1 is 0.889 bits per heavy atom. The fourth-order valence-electron chi connectivity index (χ4n) is 2.42. The Balaban J connectivity index is 2.42. The van der Waals surface area contributed by atoms with Crippen molar-refractivity contribution in [3.05, 3.63) is 71.6 Å². The first-order valence-corrected chi connectivity index (χ1v) is 7.48. The molecular weight excluding hydrogens is 384 g/mol. The molecule has 0 saturated carbocycles. The zero-order chi connectivity index (χ0) is 20.4. The van der Waals surface area contributed by atoms with Crippen molar-refractivity contribution in [2.24, 2.45) is 0 Å². The first-order chi connectivity index (χ1) is 12.4. The molecule has 0 saturated heterocycles. The molecular formula is C18H12F8O. The van der Waals surface area contributed by atoms with Crippen LogP contribution in [0.1, 0.15) is 17.5 Å². The second-order valence-corrected chi connectivity index (χ2v) is 5.52. The van der Waals surface area contributed by atoms with E-state index in [-0.39, 0.29) is 6.07 Å². The number of alkyl halides is 5. The molecule has 0 unspecified atom stereocenters. The minimum absolute atomic E-state index is 0.279. The average molecular weight is 396 g/mol. The van der Waals surface area contributed by atoms with E-state index in [9.17, 15) is 35.1 Å². The Morgan fingerprint density at radius 2 is 1.48 bits per heavy atom. The number of hydrogen-bond donors (Lipinski definition) is 0. The van der Waals surface area contributed by atoms with Gasteiger partial charge in [0.15, 0.2) is 0 Å². The van der Waals surface area contributed by atoms with E-state index in [0.29, 0.717) is 30.5 Å². The molecule has 2 aromatic carbocycles. The quantitative estimate of drug-likeness (QED) is 0.401. The Hall–Kier alpha value is -2.42. The van der Waals surface area contributed by atoms with Crippen LogP contribution in [0.15, 0.2) is 43.0 Å². The highest BCUT2D eigenvalue weighted by Crippen LogP contribution is 2.39. The molecule has 0 atom stereocenters. The lowest BCUT2D eigenvalue weighted by Crippen LogP contribution is -2.28. The number of allylic oxidation sites excluding steroid dienone is 1. The number of benzene rings is 2. The lowest BCUT2D eigenvalue weighted by Gasteiger charge is -2.19. The minimum Gasteiger partial charge on any atom is -0.222 e. The molecule has 0 amide bonds. The van der Waals surface area contributed by atoms with E-state index in [1.807, 2.05) is 0 Å². The minimum atomic E-state index is -5.71. The summed E-state index contributed by atoms with van der Waals surface area (Å²) in [4.78, 5) is 0. The molecule has 0 aliphatic heterocycles. The van der Waals surface area contributed by atoms with Gasteiger partial charge in [-0.15, -0.1) is 19.8 Å². The predicted octanol–water partition coefficient (Wildman–Crippen LogP) is 6.48. The van der Waals surface area contributed by atoms with Crippen LogP contribution in [0.2, 0.25) is 0 Å². The second-order valence-electron chi connectivity index (χ2n) is 5.52. The van der Waals surface area contributed by atoms with Crippen LogP contribution in [0.5, 0.6) is 0 Å². The van der Waals surface area contributed by atoms with Crippen LogP contribution in [0.25, 0.3) is 11.1 Å². The molecule has 0 heterocycles. The summed E-state index contributed by atoms with van der Waals surface area (Å²) >= 11 is 0. The molecule has 0 bridgehead atoms. The molecule has 0 fully saturated rings. The highest BCUT2D eigenvalue weighted by Gasteiger charge is 2.47. The Bertz CT molecular complexity index is 819. The van der Waals surface area contributed by atoms with Crippen LogP contribution in [0.3, 0.4) is 0 Å². The summed E-state index contributed by atoms with van der Waals surface area (Å²) in [5.74, 6) is -3.95. The van der Waals surface area contributed by atoms with Crippen LogP contribution in [-0.4, -0.2) is 6.36 Å². The Morgan fingerprint density at radius 3 is 1.96 bits per heavy atom. The molecule has 0 aromatic heterocycles. The van der Waals surface area contributed by atoms with Crippen LogP contribution in [0.4, 0.5) is 35.1 Å². The number of aryl methyl sites for hydroxylation is 1. The van der Waals surface area contributed by atoms with Crippen molar-refractivity contribution in [2.45, 2.75) is 25.3 Å². The van der Waals surface area contributed by atoms with Crippen LogP contribution in [-0.2, 0) is 17.3 Å². The number of halogens is 8. The SMILES string of the molecule is C=CCCc1cc(F)c(-c2ccc(C(F)(F)OC(F)(F)F)c(F)c2)c(F)c1. The molecule has 0 aliphatic carbocycles. The van der Waals surface area contributed by atoms with Crippen LogP contribution in [0, 0.1) is 17.5 Å². The zero-order valence-corrected chi connectivity index (χ0v) is 13.5. The van der Waals surface area contributed by atoms with Crippen molar-refractivity contribution in [3.63, 3.8) is 0 Å². The van der Waals surface area contributed by atoms with E-state index >= 15 is 0 Å².